The zero-order chi connectivity index (χ0) is 9.68. The smallest absolute Gasteiger partial charge is 0.269 e. The Balaban J connectivity index is 2.35. The van der Waals surface area contributed by atoms with Gasteiger partial charge in [-0.2, -0.15) is 5.10 Å². The van der Waals surface area contributed by atoms with Gasteiger partial charge in [0.2, 0.25) is 0 Å². The van der Waals surface area contributed by atoms with Gasteiger partial charge in [0.1, 0.15) is 5.69 Å². The lowest BCUT2D eigenvalue weighted by Crippen LogP contribution is -2.28. The van der Waals surface area contributed by atoms with Gasteiger partial charge < -0.3 is 5.32 Å². The fraction of sp³-hybridized carbons (Fsp3) is 0.556. The Hall–Kier alpha value is -1.32. The fourth-order valence-corrected chi connectivity index (χ4v) is 0.889. The third-order valence-electron chi connectivity index (χ3n) is 2.05. The van der Waals surface area contributed by atoms with Crippen molar-refractivity contribution in [1.29, 1.82) is 0 Å². The van der Waals surface area contributed by atoms with Crippen molar-refractivity contribution in [3.05, 3.63) is 18.0 Å². The van der Waals surface area contributed by atoms with Gasteiger partial charge >= 0.3 is 0 Å². The molecule has 1 unspecified atom stereocenters. The van der Waals surface area contributed by atoms with Crippen LogP contribution >= 0.6 is 0 Å². The number of H-pyrrole nitrogens is 1. The van der Waals surface area contributed by atoms with Crippen LogP contribution in [0.25, 0.3) is 0 Å². The Bertz CT molecular complexity index is 256. The number of aromatic amines is 1. The second-order valence-electron chi connectivity index (χ2n) is 3.19. The lowest BCUT2D eigenvalue weighted by molar-refractivity contribution is 0.0943. The van der Waals surface area contributed by atoms with Crippen molar-refractivity contribution in [2.45, 2.75) is 20.3 Å². The van der Waals surface area contributed by atoms with Crippen LogP contribution in [0.5, 0.6) is 0 Å². The zero-order valence-electron chi connectivity index (χ0n) is 8.00. The average Bonchev–Trinajstić information content (AvgIpc) is 2.66. The molecule has 1 heterocycles. The minimum absolute atomic E-state index is 0.0854. The summed E-state index contributed by atoms with van der Waals surface area (Å²) in [6.07, 6.45) is 2.64. The molecule has 2 N–H and O–H groups in total. The van der Waals surface area contributed by atoms with Crippen molar-refractivity contribution < 1.29 is 4.79 Å². The maximum absolute atomic E-state index is 11.3. The molecular formula is C9H15N3O. The molecule has 0 saturated carbocycles. The molecule has 72 valence electrons. The molecule has 1 amide bonds. The Kier molecular flexibility index (Phi) is 3.49. The first kappa shape index (κ1) is 9.77. The van der Waals surface area contributed by atoms with Crippen molar-refractivity contribution >= 4 is 5.91 Å². The molecule has 0 aliphatic heterocycles. The van der Waals surface area contributed by atoms with Gasteiger partial charge in [-0.15, -0.1) is 0 Å². The van der Waals surface area contributed by atoms with Crippen LogP contribution < -0.4 is 5.32 Å². The predicted octanol–water partition coefficient (Wildman–Crippen LogP) is 1.19. The molecule has 13 heavy (non-hydrogen) atoms. The van der Waals surface area contributed by atoms with E-state index in [1.54, 1.807) is 12.3 Å². The van der Waals surface area contributed by atoms with Crippen LogP contribution in [-0.4, -0.2) is 22.6 Å². The van der Waals surface area contributed by atoms with E-state index in [4.69, 9.17) is 0 Å². The summed E-state index contributed by atoms with van der Waals surface area (Å²) >= 11 is 0. The monoisotopic (exact) mass is 181 g/mol. The van der Waals surface area contributed by atoms with Crippen molar-refractivity contribution in [2.75, 3.05) is 6.54 Å². The predicted molar refractivity (Wildman–Crippen MR) is 50.4 cm³/mol. The summed E-state index contributed by atoms with van der Waals surface area (Å²) in [5, 5.41) is 9.15. The Labute approximate surface area is 77.7 Å². The van der Waals surface area contributed by atoms with Gasteiger partial charge in [-0.25, -0.2) is 0 Å². The summed E-state index contributed by atoms with van der Waals surface area (Å²) in [6.45, 7) is 4.93. The van der Waals surface area contributed by atoms with Crippen molar-refractivity contribution in [1.82, 2.24) is 15.5 Å². The van der Waals surface area contributed by atoms with E-state index in [-0.39, 0.29) is 5.91 Å². The number of amides is 1. The lowest BCUT2D eigenvalue weighted by atomic mass is 10.1. The quantitative estimate of drug-likeness (QED) is 0.733. The highest BCUT2D eigenvalue weighted by molar-refractivity contribution is 5.92. The summed E-state index contributed by atoms with van der Waals surface area (Å²) in [6, 6.07) is 1.66. The molecule has 0 fully saturated rings. The molecule has 0 aliphatic carbocycles. The second kappa shape index (κ2) is 4.64. The first-order valence-corrected chi connectivity index (χ1v) is 4.51. The van der Waals surface area contributed by atoms with Crippen LogP contribution in [0.2, 0.25) is 0 Å². The first-order valence-electron chi connectivity index (χ1n) is 4.51. The number of nitrogens with zero attached hydrogens (tertiary/aromatic N) is 1. The molecule has 1 atom stereocenters. The summed E-state index contributed by atoms with van der Waals surface area (Å²) in [7, 11) is 0. The number of rotatable bonds is 4. The van der Waals surface area contributed by atoms with Crippen LogP contribution in [0.3, 0.4) is 0 Å². The minimum atomic E-state index is -0.0854. The number of hydrogen-bond donors (Lipinski definition) is 2. The van der Waals surface area contributed by atoms with Gasteiger partial charge in [0, 0.05) is 12.7 Å². The van der Waals surface area contributed by atoms with Gasteiger partial charge in [0.05, 0.1) is 0 Å². The van der Waals surface area contributed by atoms with Gasteiger partial charge in [-0.3, -0.25) is 9.89 Å². The van der Waals surface area contributed by atoms with Gasteiger partial charge in [-0.05, 0) is 12.0 Å². The number of nitrogens with one attached hydrogen (secondary N) is 2. The molecule has 1 aromatic heterocycles. The second-order valence-corrected chi connectivity index (χ2v) is 3.19. The molecule has 0 spiro atoms. The standard InChI is InChI=1S/C9H15N3O/c1-3-7(2)6-10-9(13)8-4-5-11-12-8/h4-5,7H,3,6H2,1-2H3,(H,10,13)(H,11,12). The Morgan fingerprint density at radius 3 is 3.08 bits per heavy atom. The van der Waals surface area contributed by atoms with Crippen LogP contribution in [-0.2, 0) is 0 Å². The minimum Gasteiger partial charge on any atom is -0.350 e. The molecule has 4 nitrogen and oxygen atoms in total. The topological polar surface area (TPSA) is 57.8 Å². The highest BCUT2D eigenvalue weighted by Crippen LogP contribution is 1.98. The van der Waals surface area contributed by atoms with E-state index in [1.807, 2.05) is 0 Å². The number of aromatic nitrogens is 2. The fourth-order valence-electron chi connectivity index (χ4n) is 0.889. The van der Waals surface area contributed by atoms with E-state index in [1.165, 1.54) is 0 Å². The summed E-state index contributed by atoms with van der Waals surface area (Å²) in [5.41, 5.74) is 0.517. The van der Waals surface area contributed by atoms with E-state index in [0.717, 1.165) is 6.42 Å². The molecule has 4 heteroatoms. The van der Waals surface area contributed by atoms with Gasteiger partial charge in [-0.1, -0.05) is 20.3 Å². The molecule has 0 saturated heterocycles. The Morgan fingerprint density at radius 2 is 2.54 bits per heavy atom. The third-order valence-corrected chi connectivity index (χ3v) is 2.05. The molecular weight excluding hydrogens is 166 g/mol. The normalized spacial score (nSPS) is 12.5. The SMILES string of the molecule is CCC(C)CNC(=O)c1ccn[nH]1. The van der Waals surface area contributed by atoms with Crippen molar-refractivity contribution in [2.24, 2.45) is 5.92 Å². The van der Waals surface area contributed by atoms with E-state index < -0.39 is 0 Å². The zero-order valence-corrected chi connectivity index (χ0v) is 8.00. The summed E-state index contributed by atoms with van der Waals surface area (Å²) in [5.74, 6) is 0.435. The van der Waals surface area contributed by atoms with Crippen LogP contribution in [0, 0.1) is 5.92 Å². The van der Waals surface area contributed by atoms with Crippen LogP contribution in [0.1, 0.15) is 30.8 Å². The lowest BCUT2D eigenvalue weighted by Gasteiger charge is -2.08. The average molecular weight is 181 g/mol. The number of carbonyl (C=O) groups is 1. The molecule has 0 aromatic carbocycles. The Morgan fingerprint density at radius 1 is 1.77 bits per heavy atom. The van der Waals surface area contributed by atoms with Gasteiger partial charge in [0.15, 0.2) is 0 Å². The summed E-state index contributed by atoms with van der Waals surface area (Å²) < 4.78 is 0. The van der Waals surface area contributed by atoms with Crippen LogP contribution in [0.4, 0.5) is 0 Å². The van der Waals surface area contributed by atoms with E-state index in [2.05, 4.69) is 29.4 Å². The molecule has 1 aromatic rings. The molecule has 0 aliphatic rings. The largest absolute Gasteiger partial charge is 0.350 e. The molecule has 1 rings (SSSR count). The maximum atomic E-state index is 11.3. The third kappa shape index (κ3) is 2.89. The number of carbonyl (C=O) groups excluding carboxylic acids is 1. The van der Waals surface area contributed by atoms with E-state index >= 15 is 0 Å². The highest BCUT2D eigenvalue weighted by atomic mass is 16.1. The number of hydrogen-bond acceptors (Lipinski definition) is 2. The molecule has 0 radical (unpaired) electrons. The highest BCUT2D eigenvalue weighted by Gasteiger charge is 2.06. The first-order chi connectivity index (χ1) is 6.24. The summed E-state index contributed by atoms with van der Waals surface area (Å²) in [4.78, 5) is 11.3. The van der Waals surface area contributed by atoms with Crippen molar-refractivity contribution in [3.63, 3.8) is 0 Å². The van der Waals surface area contributed by atoms with Gasteiger partial charge in [0.25, 0.3) is 5.91 Å². The van der Waals surface area contributed by atoms with E-state index in [0.29, 0.717) is 18.2 Å². The van der Waals surface area contributed by atoms with Crippen molar-refractivity contribution in [3.8, 4) is 0 Å². The maximum Gasteiger partial charge on any atom is 0.269 e. The van der Waals surface area contributed by atoms with Crippen LogP contribution in [0.15, 0.2) is 12.3 Å². The van der Waals surface area contributed by atoms with E-state index in [9.17, 15) is 4.79 Å². The molecule has 0 bridgehead atoms.